The number of aromatic amines is 1. The minimum Gasteiger partial charge on any atom is -0.389 e. The van der Waals surface area contributed by atoms with E-state index in [2.05, 4.69) is 22.1 Å². The van der Waals surface area contributed by atoms with Gasteiger partial charge < -0.3 is 10.7 Å². The van der Waals surface area contributed by atoms with E-state index in [9.17, 15) is 0 Å². The Kier molecular flexibility index (Phi) is 2.57. The van der Waals surface area contributed by atoms with Gasteiger partial charge >= 0.3 is 0 Å². The molecule has 0 amide bonds. The highest BCUT2D eigenvalue weighted by Crippen LogP contribution is 2.27. The molecule has 18 heavy (non-hydrogen) atoms. The third-order valence-corrected chi connectivity index (χ3v) is 3.16. The average Bonchev–Trinajstić information content (AvgIpc) is 2.87. The first-order valence-electron chi connectivity index (χ1n) is 5.57. The number of nitrogens with one attached hydrogen (secondary N) is 1. The maximum absolute atomic E-state index is 5.64. The van der Waals surface area contributed by atoms with Crippen LogP contribution in [-0.4, -0.2) is 15.0 Å². The molecule has 88 valence electrons. The second-order valence-electron chi connectivity index (χ2n) is 4.07. The topological polar surface area (TPSA) is 54.7 Å². The lowest BCUT2D eigenvalue weighted by atomic mass is 10.0. The van der Waals surface area contributed by atoms with Crippen LogP contribution in [0.1, 0.15) is 5.56 Å². The summed E-state index contributed by atoms with van der Waals surface area (Å²) in [5.41, 5.74) is 9.67. The Morgan fingerprint density at radius 3 is 2.94 bits per heavy atom. The number of hydrogen-bond acceptors (Lipinski definition) is 2. The van der Waals surface area contributed by atoms with Crippen molar-refractivity contribution >= 4 is 28.1 Å². The molecule has 0 unspecified atom stereocenters. The summed E-state index contributed by atoms with van der Waals surface area (Å²) in [6, 6.07) is 10.1. The van der Waals surface area contributed by atoms with Crippen molar-refractivity contribution < 1.29 is 0 Å². The van der Waals surface area contributed by atoms with Gasteiger partial charge in [-0.2, -0.15) is 0 Å². The normalized spacial score (nSPS) is 10.7. The van der Waals surface area contributed by atoms with Crippen molar-refractivity contribution in [1.29, 1.82) is 0 Å². The smallest absolute Gasteiger partial charge is 0.105 e. The van der Waals surface area contributed by atoms with Gasteiger partial charge in [0.2, 0.25) is 0 Å². The quantitative estimate of drug-likeness (QED) is 0.690. The van der Waals surface area contributed by atoms with E-state index in [1.54, 1.807) is 6.20 Å². The van der Waals surface area contributed by atoms with Crippen LogP contribution in [-0.2, 0) is 0 Å². The van der Waals surface area contributed by atoms with E-state index in [0.717, 1.165) is 22.2 Å². The summed E-state index contributed by atoms with van der Waals surface area (Å²) < 4.78 is 0. The zero-order chi connectivity index (χ0) is 12.5. The van der Waals surface area contributed by atoms with Crippen LogP contribution in [0.2, 0.25) is 0 Å². The minimum absolute atomic E-state index is 0.366. The van der Waals surface area contributed by atoms with Gasteiger partial charge in [-0.05, 0) is 23.8 Å². The summed E-state index contributed by atoms with van der Waals surface area (Å²) in [5.74, 6) is 0. The van der Waals surface area contributed by atoms with Gasteiger partial charge in [-0.1, -0.05) is 24.4 Å². The second-order valence-corrected chi connectivity index (χ2v) is 4.51. The van der Waals surface area contributed by atoms with Crippen molar-refractivity contribution in [3.05, 3.63) is 54.5 Å². The van der Waals surface area contributed by atoms with Crippen LogP contribution in [0.3, 0.4) is 0 Å². The first-order valence-corrected chi connectivity index (χ1v) is 5.98. The molecule has 2 heterocycles. The Morgan fingerprint density at radius 1 is 1.22 bits per heavy atom. The molecule has 3 rings (SSSR count). The molecule has 0 saturated carbocycles. The van der Waals surface area contributed by atoms with Gasteiger partial charge in [0.25, 0.3) is 0 Å². The van der Waals surface area contributed by atoms with Crippen LogP contribution < -0.4 is 5.73 Å². The van der Waals surface area contributed by atoms with Gasteiger partial charge in [-0.3, -0.25) is 4.98 Å². The van der Waals surface area contributed by atoms with Crippen molar-refractivity contribution in [3.8, 4) is 11.1 Å². The van der Waals surface area contributed by atoms with Crippen molar-refractivity contribution in [3.63, 3.8) is 0 Å². The Morgan fingerprint density at radius 2 is 2.11 bits per heavy atom. The molecule has 0 aliphatic carbocycles. The molecular formula is C14H11N3S. The third-order valence-electron chi connectivity index (χ3n) is 2.93. The van der Waals surface area contributed by atoms with Crippen molar-refractivity contribution in [1.82, 2.24) is 9.97 Å². The lowest BCUT2D eigenvalue weighted by Crippen LogP contribution is -2.09. The van der Waals surface area contributed by atoms with Gasteiger partial charge in [-0.15, -0.1) is 0 Å². The van der Waals surface area contributed by atoms with Gasteiger partial charge in [0.05, 0.1) is 0 Å². The zero-order valence-corrected chi connectivity index (χ0v) is 10.4. The predicted molar refractivity (Wildman–Crippen MR) is 77.4 cm³/mol. The van der Waals surface area contributed by atoms with Crippen LogP contribution in [0.5, 0.6) is 0 Å². The number of aromatic nitrogens is 2. The van der Waals surface area contributed by atoms with Crippen molar-refractivity contribution in [2.75, 3.05) is 0 Å². The highest BCUT2D eigenvalue weighted by atomic mass is 32.1. The van der Waals surface area contributed by atoms with E-state index in [0.29, 0.717) is 4.99 Å². The molecule has 0 aliphatic rings. The first kappa shape index (κ1) is 10.9. The van der Waals surface area contributed by atoms with Gasteiger partial charge in [-0.25, -0.2) is 0 Å². The predicted octanol–water partition coefficient (Wildman–Crippen LogP) is 2.86. The van der Waals surface area contributed by atoms with Crippen LogP contribution in [0.4, 0.5) is 0 Å². The minimum atomic E-state index is 0.366. The highest BCUT2D eigenvalue weighted by molar-refractivity contribution is 7.80. The number of H-pyrrole nitrogens is 1. The molecule has 0 spiro atoms. The molecule has 3 aromatic rings. The fourth-order valence-corrected chi connectivity index (χ4v) is 2.17. The first-order chi connectivity index (χ1) is 8.75. The summed E-state index contributed by atoms with van der Waals surface area (Å²) in [4.78, 5) is 7.76. The Labute approximate surface area is 110 Å². The molecule has 4 heteroatoms. The third kappa shape index (κ3) is 1.76. The van der Waals surface area contributed by atoms with E-state index in [1.165, 1.54) is 5.39 Å². The fraction of sp³-hybridized carbons (Fsp3) is 0. The SMILES string of the molecule is NC(=S)c1cncc(-c2cccc3[nH]ccc23)c1. The standard InChI is InChI=1S/C14H11N3S/c15-14(18)10-6-9(7-16-8-10)11-2-1-3-13-12(11)4-5-17-13/h1-8,17H,(H2,15,18). The van der Waals surface area contributed by atoms with E-state index >= 15 is 0 Å². The van der Waals surface area contributed by atoms with Gasteiger partial charge in [0.1, 0.15) is 4.99 Å². The second kappa shape index (κ2) is 4.23. The average molecular weight is 253 g/mol. The molecule has 0 radical (unpaired) electrons. The summed E-state index contributed by atoms with van der Waals surface area (Å²) in [7, 11) is 0. The Bertz CT molecular complexity index is 730. The largest absolute Gasteiger partial charge is 0.389 e. The van der Waals surface area contributed by atoms with Crippen LogP contribution in [0.25, 0.3) is 22.0 Å². The van der Waals surface area contributed by atoms with Crippen molar-refractivity contribution in [2.24, 2.45) is 5.73 Å². The molecule has 0 atom stereocenters. The number of hydrogen-bond donors (Lipinski definition) is 2. The van der Waals surface area contributed by atoms with E-state index < -0.39 is 0 Å². The van der Waals surface area contributed by atoms with Crippen molar-refractivity contribution in [2.45, 2.75) is 0 Å². The number of nitrogens with zero attached hydrogens (tertiary/aromatic N) is 1. The number of benzene rings is 1. The number of thiocarbonyl (C=S) groups is 1. The zero-order valence-electron chi connectivity index (χ0n) is 9.55. The fourth-order valence-electron chi connectivity index (χ4n) is 2.06. The molecule has 3 N–H and O–H groups in total. The monoisotopic (exact) mass is 253 g/mol. The highest BCUT2D eigenvalue weighted by Gasteiger charge is 2.06. The maximum atomic E-state index is 5.64. The number of nitrogens with two attached hydrogens (primary N) is 1. The lowest BCUT2D eigenvalue weighted by molar-refractivity contribution is 1.32. The van der Waals surface area contributed by atoms with E-state index in [1.807, 2.05) is 30.6 Å². The number of fused-ring (bicyclic) bond motifs is 1. The Hall–Kier alpha value is -2.20. The van der Waals surface area contributed by atoms with E-state index in [-0.39, 0.29) is 0 Å². The molecule has 0 aliphatic heterocycles. The van der Waals surface area contributed by atoms with Crippen LogP contribution in [0.15, 0.2) is 48.9 Å². The molecule has 1 aromatic carbocycles. The van der Waals surface area contributed by atoms with Crippen LogP contribution in [0, 0.1) is 0 Å². The summed E-state index contributed by atoms with van der Waals surface area (Å²) in [6.07, 6.45) is 5.44. The molecule has 3 nitrogen and oxygen atoms in total. The summed E-state index contributed by atoms with van der Waals surface area (Å²) >= 11 is 4.98. The molecule has 0 bridgehead atoms. The summed E-state index contributed by atoms with van der Waals surface area (Å²) in [5, 5.41) is 1.17. The summed E-state index contributed by atoms with van der Waals surface area (Å²) in [6.45, 7) is 0. The van der Waals surface area contributed by atoms with Gasteiger partial charge in [0.15, 0.2) is 0 Å². The van der Waals surface area contributed by atoms with Crippen LogP contribution >= 0.6 is 12.2 Å². The van der Waals surface area contributed by atoms with E-state index in [4.69, 9.17) is 18.0 Å². The number of pyridine rings is 1. The molecular weight excluding hydrogens is 242 g/mol. The maximum Gasteiger partial charge on any atom is 0.105 e. The molecule has 0 fully saturated rings. The Balaban J connectivity index is 2.23. The molecule has 2 aromatic heterocycles. The lowest BCUT2D eigenvalue weighted by Gasteiger charge is -2.05. The number of rotatable bonds is 2. The molecule has 0 saturated heterocycles. The van der Waals surface area contributed by atoms with Gasteiger partial charge in [0, 0.05) is 40.6 Å².